The van der Waals surface area contributed by atoms with E-state index in [1.807, 2.05) is 6.26 Å². The molecule has 0 aromatic carbocycles. The smallest absolute Gasteiger partial charge is 0.328 e. The van der Waals surface area contributed by atoms with Gasteiger partial charge in [-0.15, -0.1) is 0 Å². The number of esters is 1. The Hall–Kier alpha value is -1.22. The lowest BCUT2D eigenvalue weighted by molar-refractivity contribution is -0.144. The van der Waals surface area contributed by atoms with Crippen LogP contribution in [0.3, 0.4) is 0 Å². The second-order valence-electron chi connectivity index (χ2n) is 2.74. The van der Waals surface area contributed by atoms with Gasteiger partial charge < -0.3 is 14.9 Å². The molecule has 0 radical (unpaired) electrons. The quantitative estimate of drug-likeness (QED) is 0.527. The predicted molar refractivity (Wildman–Crippen MR) is 58.4 cm³/mol. The number of hydrogen-bond acceptors (Lipinski definition) is 4. The molecule has 5 nitrogen and oxygen atoms in total. The first-order chi connectivity index (χ1) is 7.15. The Kier molecular flexibility index (Phi) is 7.46. The minimum Gasteiger partial charge on any atom is -0.467 e. The van der Waals surface area contributed by atoms with E-state index in [-0.39, 0.29) is 6.54 Å². The summed E-state index contributed by atoms with van der Waals surface area (Å²) in [5.74, 6) is -0.165. The molecule has 0 rings (SSSR count). The monoisotopic (exact) mass is 230 g/mol. The number of thioether (sulfide) groups is 1. The molecule has 0 fully saturated rings. The van der Waals surface area contributed by atoms with Crippen LogP contribution in [0.5, 0.6) is 0 Å². The number of nitrogens with zero attached hydrogens (tertiary/aromatic N) is 1. The van der Waals surface area contributed by atoms with Crippen LogP contribution in [0.15, 0.2) is 0 Å². The Morgan fingerprint density at radius 3 is 2.73 bits per heavy atom. The van der Waals surface area contributed by atoms with Gasteiger partial charge in [-0.3, -0.25) is 4.79 Å². The number of ether oxygens (including phenoxy) is 1. The van der Waals surface area contributed by atoms with Crippen LogP contribution in [0.2, 0.25) is 0 Å². The molecular weight excluding hydrogens is 216 g/mol. The summed E-state index contributed by atoms with van der Waals surface area (Å²) in [6.45, 7) is 6.25. The van der Waals surface area contributed by atoms with Gasteiger partial charge in [-0.25, -0.2) is 11.4 Å². The van der Waals surface area contributed by atoms with Crippen molar-refractivity contribution in [2.45, 2.75) is 12.5 Å². The number of hydrogen-bond donors (Lipinski definition) is 1. The molecule has 0 heterocycles. The van der Waals surface area contributed by atoms with Crippen LogP contribution in [0.25, 0.3) is 4.85 Å². The second-order valence-corrected chi connectivity index (χ2v) is 3.73. The van der Waals surface area contributed by atoms with Crippen molar-refractivity contribution in [1.29, 1.82) is 0 Å². The molecular formula is C9H14N2O3S. The first kappa shape index (κ1) is 13.8. The molecule has 1 N–H and O–H groups in total. The summed E-state index contributed by atoms with van der Waals surface area (Å²) in [5.41, 5.74) is 0. The zero-order chi connectivity index (χ0) is 11.7. The topological polar surface area (TPSA) is 59.8 Å². The van der Waals surface area contributed by atoms with Crippen LogP contribution in [0.4, 0.5) is 0 Å². The van der Waals surface area contributed by atoms with Gasteiger partial charge >= 0.3 is 11.9 Å². The fraction of sp³-hybridized carbons (Fsp3) is 0.667. The van der Waals surface area contributed by atoms with Crippen molar-refractivity contribution in [1.82, 2.24) is 5.32 Å². The fourth-order valence-electron chi connectivity index (χ4n) is 0.939. The summed E-state index contributed by atoms with van der Waals surface area (Å²) in [6.07, 6.45) is 2.42. The SMILES string of the molecule is [C-]#[N+]CC(=O)N[C@@H](CCSC)C(=O)OC. The van der Waals surface area contributed by atoms with Crippen LogP contribution in [0, 0.1) is 6.57 Å². The number of amides is 1. The lowest BCUT2D eigenvalue weighted by atomic mass is 10.2. The van der Waals surface area contributed by atoms with Crippen LogP contribution in [-0.2, 0) is 14.3 Å². The predicted octanol–water partition coefficient (Wildman–Crippen LogP) is 0.317. The van der Waals surface area contributed by atoms with E-state index >= 15 is 0 Å². The summed E-state index contributed by atoms with van der Waals surface area (Å²) in [7, 11) is 1.27. The van der Waals surface area contributed by atoms with Crippen molar-refractivity contribution in [2.75, 3.05) is 25.7 Å². The van der Waals surface area contributed by atoms with E-state index in [1.165, 1.54) is 7.11 Å². The molecule has 0 aromatic rings. The van der Waals surface area contributed by atoms with Gasteiger partial charge in [-0.2, -0.15) is 11.8 Å². The molecule has 84 valence electrons. The summed E-state index contributed by atoms with van der Waals surface area (Å²) in [6, 6.07) is -0.642. The highest BCUT2D eigenvalue weighted by atomic mass is 32.2. The van der Waals surface area contributed by atoms with Crippen LogP contribution in [0.1, 0.15) is 6.42 Å². The van der Waals surface area contributed by atoms with Gasteiger partial charge in [-0.05, 0) is 18.4 Å². The van der Waals surface area contributed by atoms with Gasteiger partial charge in [0.15, 0.2) is 0 Å². The van der Waals surface area contributed by atoms with Gasteiger partial charge in [-0.1, -0.05) is 0 Å². The third-order valence-electron chi connectivity index (χ3n) is 1.65. The van der Waals surface area contributed by atoms with Crippen molar-refractivity contribution in [2.24, 2.45) is 0 Å². The number of carbonyl (C=O) groups excluding carboxylic acids is 2. The minimum atomic E-state index is -0.642. The van der Waals surface area contributed by atoms with E-state index in [2.05, 4.69) is 14.9 Å². The van der Waals surface area contributed by atoms with Gasteiger partial charge in [0.1, 0.15) is 6.04 Å². The molecule has 0 saturated carbocycles. The summed E-state index contributed by atoms with van der Waals surface area (Å²) < 4.78 is 4.55. The molecule has 0 aromatic heterocycles. The summed E-state index contributed by atoms with van der Waals surface area (Å²) >= 11 is 1.58. The maximum atomic E-state index is 11.2. The molecule has 0 aliphatic carbocycles. The number of nitrogens with one attached hydrogen (secondary N) is 1. The zero-order valence-corrected chi connectivity index (χ0v) is 9.60. The van der Waals surface area contributed by atoms with Gasteiger partial charge in [0.25, 0.3) is 6.54 Å². The van der Waals surface area contributed by atoms with Crippen molar-refractivity contribution in [3.05, 3.63) is 11.4 Å². The average Bonchev–Trinajstić information content (AvgIpc) is 2.23. The molecule has 1 atom stereocenters. The highest BCUT2D eigenvalue weighted by Gasteiger charge is 2.21. The molecule has 0 bridgehead atoms. The van der Waals surface area contributed by atoms with Crippen LogP contribution in [-0.4, -0.2) is 43.6 Å². The Morgan fingerprint density at radius 2 is 2.27 bits per heavy atom. The molecule has 0 spiro atoms. The third kappa shape index (κ3) is 5.96. The average molecular weight is 230 g/mol. The van der Waals surface area contributed by atoms with E-state index < -0.39 is 17.9 Å². The molecule has 0 aliphatic rings. The van der Waals surface area contributed by atoms with E-state index in [4.69, 9.17) is 6.57 Å². The van der Waals surface area contributed by atoms with Crippen molar-refractivity contribution < 1.29 is 14.3 Å². The maximum absolute atomic E-state index is 11.2. The molecule has 0 unspecified atom stereocenters. The summed E-state index contributed by atoms with van der Waals surface area (Å²) in [5, 5.41) is 2.46. The van der Waals surface area contributed by atoms with E-state index in [0.717, 1.165) is 5.75 Å². The fourth-order valence-corrected chi connectivity index (χ4v) is 1.41. The highest BCUT2D eigenvalue weighted by molar-refractivity contribution is 7.98. The van der Waals surface area contributed by atoms with Crippen molar-refractivity contribution >= 4 is 23.6 Å². The number of methoxy groups -OCH3 is 1. The standard InChI is InChI=1S/C9H14N2O3S/c1-10-6-8(12)11-7(4-5-15-3)9(13)14-2/h7H,4-6H2,2-3H3,(H,11,12)/t7-/m0/s1. The van der Waals surface area contributed by atoms with Crippen molar-refractivity contribution in [3.63, 3.8) is 0 Å². The van der Waals surface area contributed by atoms with E-state index in [1.54, 1.807) is 11.8 Å². The minimum absolute atomic E-state index is 0.257. The largest absolute Gasteiger partial charge is 0.467 e. The Labute approximate surface area is 93.4 Å². The first-order valence-corrected chi connectivity index (χ1v) is 5.74. The maximum Gasteiger partial charge on any atom is 0.328 e. The Morgan fingerprint density at radius 1 is 1.60 bits per heavy atom. The van der Waals surface area contributed by atoms with E-state index in [9.17, 15) is 9.59 Å². The molecule has 0 aliphatic heterocycles. The molecule has 1 amide bonds. The van der Waals surface area contributed by atoms with Gasteiger partial charge in [0, 0.05) is 0 Å². The highest BCUT2D eigenvalue weighted by Crippen LogP contribution is 2.02. The third-order valence-corrected chi connectivity index (χ3v) is 2.30. The zero-order valence-electron chi connectivity index (χ0n) is 8.78. The second kappa shape index (κ2) is 8.12. The van der Waals surface area contributed by atoms with Gasteiger partial charge in [0.05, 0.1) is 7.11 Å². The molecule has 0 saturated heterocycles. The Balaban J connectivity index is 4.18. The summed E-state index contributed by atoms with van der Waals surface area (Å²) in [4.78, 5) is 25.3. The van der Waals surface area contributed by atoms with Gasteiger partial charge in [0.2, 0.25) is 0 Å². The molecule has 15 heavy (non-hydrogen) atoms. The van der Waals surface area contributed by atoms with E-state index in [0.29, 0.717) is 6.42 Å². The normalized spacial score (nSPS) is 11.3. The van der Waals surface area contributed by atoms with Crippen LogP contribution < -0.4 is 5.32 Å². The van der Waals surface area contributed by atoms with Crippen molar-refractivity contribution in [3.8, 4) is 0 Å². The molecule has 6 heteroatoms. The number of rotatable bonds is 6. The Bertz CT molecular complexity index is 263. The lowest BCUT2D eigenvalue weighted by Crippen LogP contribution is -2.42. The first-order valence-electron chi connectivity index (χ1n) is 4.35. The van der Waals surface area contributed by atoms with Crippen LogP contribution >= 0.6 is 11.8 Å². The number of carbonyl (C=O) groups is 2. The lowest BCUT2D eigenvalue weighted by Gasteiger charge is -2.14.